The molecule has 1 N–H and O–H groups in total. The summed E-state index contributed by atoms with van der Waals surface area (Å²) in [5, 5.41) is 11.1. The number of ether oxygens (including phenoxy) is 1. The van der Waals surface area contributed by atoms with Gasteiger partial charge in [-0.15, -0.1) is 12.4 Å². The number of morpholine rings is 1. The number of aromatic nitrogens is 2. The Bertz CT molecular complexity index is 2520. The van der Waals surface area contributed by atoms with Gasteiger partial charge < -0.3 is 23.9 Å². The van der Waals surface area contributed by atoms with Crippen LogP contribution in [0.1, 0.15) is 55.9 Å². The molecule has 5 heterocycles. The Morgan fingerprint density at radius 2 is 1.59 bits per heavy atom. The lowest BCUT2D eigenvalue weighted by Crippen LogP contribution is -2.52. The first kappa shape index (κ1) is 40.2. The summed E-state index contributed by atoms with van der Waals surface area (Å²) in [5.41, 5.74) is 5.17. The van der Waals surface area contributed by atoms with Gasteiger partial charge in [0.05, 0.1) is 24.3 Å². The number of rotatable bonds is 7. The fourth-order valence-electron chi connectivity index (χ4n) is 8.94. The third kappa shape index (κ3) is 7.72. The van der Waals surface area contributed by atoms with Gasteiger partial charge in [0.1, 0.15) is 5.75 Å². The van der Waals surface area contributed by atoms with Crippen molar-refractivity contribution in [2.24, 2.45) is 7.05 Å². The lowest BCUT2D eigenvalue weighted by Gasteiger charge is -2.40. The molecule has 2 amide bonds. The molecule has 1 saturated heterocycles. The van der Waals surface area contributed by atoms with Gasteiger partial charge in [0, 0.05) is 96.8 Å². The summed E-state index contributed by atoms with van der Waals surface area (Å²) in [7, 11) is 1.95. The summed E-state index contributed by atoms with van der Waals surface area (Å²) in [6, 6.07) is 26.9. The first-order valence-corrected chi connectivity index (χ1v) is 19.8. The number of carbonyl (C=O) groups is 2. The number of alkyl halides is 3. The number of anilines is 2. The highest BCUT2D eigenvalue weighted by atomic mass is 35.5. The summed E-state index contributed by atoms with van der Waals surface area (Å²) < 4.78 is 53.2. The van der Waals surface area contributed by atoms with Crippen molar-refractivity contribution in [3.63, 3.8) is 0 Å². The fraction of sp³-hybridized carbons (Fsp3) is 0.304. The minimum absolute atomic E-state index is 0. The predicted molar refractivity (Wildman–Crippen MR) is 224 cm³/mol. The van der Waals surface area contributed by atoms with Gasteiger partial charge in [-0.1, -0.05) is 24.3 Å². The third-order valence-corrected chi connectivity index (χ3v) is 12.0. The van der Waals surface area contributed by atoms with E-state index in [9.17, 15) is 18.3 Å². The fourth-order valence-corrected chi connectivity index (χ4v) is 8.94. The Hall–Kier alpha value is -5.56. The first-order chi connectivity index (χ1) is 28.0. The highest BCUT2D eigenvalue weighted by molar-refractivity contribution is 6.13. The van der Waals surface area contributed by atoms with Crippen molar-refractivity contribution in [2.75, 3.05) is 37.7 Å². The molecule has 0 bridgehead atoms. The smallest absolute Gasteiger partial charge is 0.416 e. The highest BCUT2D eigenvalue weighted by Gasteiger charge is 2.37. The van der Waals surface area contributed by atoms with E-state index in [4.69, 9.17) is 4.74 Å². The van der Waals surface area contributed by atoms with Crippen molar-refractivity contribution in [3.8, 4) is 17.0 Å². The maximum atomic E-state index is 15.1. The number of hydrogen-bond donors (Lipinski definition) is 1. The number of fused-ring (bicyclic) bond motifs is 3. The number of halogens is 4. The zero-order valence-electron chi connectivity index (χ0n) is 32.6. The van der Waals surface area contributed by atoms with Crippen LogP contribution >= 0.6 is 12.4 Å². The number of nitrogens with zero attached hydrogens (tertiary/aromatic N) is 5. The average Bonchev–Trinajstić information content (AvgIpc) is 3.81. The first-order valence-electron chi connectivity index (χ1n) is 19.8. The number of hydrogen-bond acceptors (Lipinski definition) is 5. The van der Waals surface area contributed by atoms with Crippen LogP contribution in [0.15, 0.2) is 103 Å². The van der Waals surface area contributed by atoms with Gasteiger partial charge >= 0.3 is 6.18 Å². The Balaban J connectivity index is 0.00000484. The molecule has 2 aromatic heterocycles. The predicted octanol–water partition coefficient (Wildman–Crippen LogP) is 9.01. The second kappa shape index (κ2) is 16.2. The molecule has 0 radical (unpaired) electrons. The third-order valence-electron chi connectivity index (χ3n) is 12.0. The van der Waals surface area contributed by atoms with Crippen LogP contribution in [0.2, 0.25) is 0 Å². The van der Waals surface area contributed by atoms with Gasteiger partial charge in [0.25, 0.3) is 11.8 Å². The molecule has 6 aromatic rings. The molecule has 0 spiro atoms. The molecule has 1 atom stereocenters. The molecule has 0 saturated carbocycles. The number of phenolic OH excluding ortho intramolecular Hbond substituents is 1. The van der Waals surface area contributed by atoms with Crippen LogP contribution < -0.4 is 4.90 Å². The van der Waals surface area contributed by atoms with E-state index in [-0.39, 0.29) is 47.1 Å². The SMILES string of the molecule is Cl.Cn1ccc2cc(N(C(=O)c3cc(-c4cc(C(F)(F)F)ccc4C(=O)N4Cc5ccccc5C[C@H]4CN4CCOCC4)n4c3CCCC4)c3ccc(O)cc3)ccc21. The lowest BCUT2D eigenvalue weighted by molar-refractivity contribution is -0.137. The van der Waals surface area contributed by atoms with E-state index in [0.717, 1.165) is 60.1 Å². The van der Waals surface area contributed by atoms with Crippen LogP contribution in [-0.2, 0) is 43.9 Å². The number of aromatic hydroxyl groups is 1. The molecule has 1 fully saturated rings. The van der Waals surface area contributed by atoms with Crippen molar-refractivity contribution in [1.82, 2.24) is 18.9 Å². The van der Waals surface area contributed by atoms with Crippen molar-refractivity contribution in [1.29, 1.82) is 0 Å². The average molecular weight is 824 g/mol. The second-order valence-electron chi connectivity index (χ2n) is 15.6. The molecule has 306 valence electrons. The molecule has 9 rings (SSSR count). The summed E-state index contributed by atoms with van der Waals surface area (Å²) in [6.45, 7) is 4.10. The van der Waals surface area contributed by atoms with Gasteiger partial charge in [-0.2, -0.15) is 13.2 Å². The Morgan fingerprint density at radius 3 is 2.36 bits per heavy atom. The van der Waals surface area contributed by atoms with E-state index < -0.39 is 11.7 Å². The zero-order valence-corrected chi connectivity index (χ0v) is 33.4. The quantitative estimate of drug-likeness (QED) is 0.174. The lowest BCUT2D eigenvalue weighted by atomic mass is 9.91. The number of aryl methyl sites for hydroxylation is 1. The number of benzene rings is 4. The van der Waals surface area contributed by atoms with E-state index in [0.29, 0.717) is 74.0 Å². The minimum Gasteiger partial charge on any atom is -0.508 e. The molecule has 9 nitrogen and oxygen atoms in total. The molecular weight excluding hydrogens is 779 g/mol. The van der Waals surface area contributed by atoms with Crippen LogP contribution in [0, 0.1) is 0 Å². The minimum atomic E-state index is -4.67. The molecule has 0 unspecified atom stereocenters. The zero-order chi connectivity index (χ0) is 40.1. The number of carbonyl (C=O) groups excluding carboxylic acids is 2. The summed E-state index contributed by atoms with van der Waals surface area (Å²) in [6.07, 6.45) is -0.00350. The summed E-state index contributed by atoms with van der Waals surface area (Å²) in [4.78, 5) is 35.8. The van der Waals surface area contributed by atoms with E-state index in [2.05, 4.69) is 11.0 Å². The number of amides is 2. The molecule has 3 aliphatic heterocycles. The van der Waals surface area contributed by atoms with Crippen molar-refractivity contribution < 1.29 is 32.6 Å². The van der Waals surface area contributed by atoms with Crippen LogP contribution in [0.3, 0.4) is 0 Å². The van der Waals surface area contributed by atoms with Crippen LogP contribution in [0.25, 0.3) is 22.2 Å². The maximum Gasteiger partial charge on any atom is 0.416 e. The maximum absolute atomic E-state index is 15.1. The van der Waals surface area contributed by atoms with E-state index >= 15 is 9.59 Å². The molecule has 59 heavy (non-hydrogen) atoms. The topological polar surface area (TPSA) is 83.2 Å². The molecule has 13 heteroatoms. The Morgan fingerprint density at radius 1 is 0.847 bits per heavy atom. The molecule has 0 aliphatic carbocycles. The molecule has 4 aromatic carbocycles. The normalized spacial score (nSPS) is 16.9. The van der Waals surface area contributed by atoms with Gasteiger partial charge in [-0.3, -0.25) is 19.4 Å². The molecular formula is C46H45ClF3N5O4. The number of phenols is 1. The standard InChI is InChI=1S/C46H44F3N5O4.ClH/c1-50-19-17-31-25-35(12-16-41(31)50)54(34-10-13-37(55)14-11-34)45(57)40-27-43(52-18-5-4-8-42(40)52)39-26-33(46(47,48)49)9-15-38(39)44(56)53-28-32-7-3-2-6-30(32)24-36(53)29-51-20-22-58-23-21-51;/h2-3,6-7,9-17,19,25-27,36,55H,4-5,8,18,20-24,28-29H2,1H3;1H/t36-;/m0./s1. The van der Waals surface area contributed by atoms with Gasteiger partial charge in [-0.05, 0) is 110 Å². The van der Waals surface area contributed by atoms with Crippen LogP contribution in [0.4, 0.5) is 24.5 Å². The monoisotopic (exact) mass is 823 g/mol. The molecule has 3 aliphatic rings. The van der Waals surface area contributed by atoms with E-state index in [1.807, 2.05) is 69.7 Å². The van der Waals surface area contributed by atoms with E-state index in [1.54, 1.807) is 23.1 Å². The van der Waals surface area contributed by atoms with Gasteiger partial charge in [0.15, 0.2) is 0 Å². The second-order valence-corrected chi connectivity index (χ2v) is 15.6. The van der Waals surface area contributed by atoms with Crippen molar-refractivity contribution >= 4 is 46.5 Å². The summed E-state index contributed by atoms with van der Waals surface area (Å²) in [5.74, 6) is -0.669. The Labute approximate surface area is 346 Å². The van der Waals surface area contributed by atoms with Crippen molar-refractivity contribution in [3.05, 3.63) is 137 Å². The van der Waals surface area contributed by atoms with Crippen LogP contribution in [0.5, 0.6) is 5.75 Å². The largest absolute Gasteiger partial charge is 0.508 e. The highest BCUT2D eigenvalue weighted by Crippen LogP contribution is 2.40. The van der Waals surface area contributed by atoms with E-state index in [1.165, 1.54) is 18.2 Å². The van der Waals surface area contributed by atoms with Crippen molar-refractivity contribution in [2.45, 2.75) is 51.0 Å². The summed E-state index contributed by atoms with van der Waals surface area (Å²) >= 11 is 0. The van der Waals surface area contributed by atoms with Crippen LogP contribution in [-0.4, -0.2) is 74.7 Å². The van der Waals surface area contributed by atoms with Gasteiger partial charge in [-0.25, -0.2) is 0 Å². The van der Waals surface area contributed by atoms with Gasteiger partial charge in [0.2, 0.25) is 0 Å². The Kier molecular flexibility index (Phi) is 11.1.